The third-order valence-electron chi connectivity index (χ3n) is 14.3. The van der Waals surface area contributed by atoms with Crippen molar-refractivity contribution in [1.29, 1.82) is 0 Å². The second-order valence-electron chi connectivity index (χ2n) is 20.1. The molecule has 2 aromatic heterocycles. The summed E-state index contributed by atoms with van der Waals surface area (Å²) in [4.78, 5) is 39.3. The molecular formula is C60H61N7O9S2. The van der Waals surface area contributed by atoms with Gasteiger partial charge in [-0.25, -0.2) is 31.5 Å². The molecule has 18 heteroatoms. The van der Waals surface area contributed by atoms with E-state index in [1.165, 1.54) is 48.7 Å². The van der Waals surface area contributed by atoms with Gasteiger partial charge in [-0.1, -0.05) is 84.9 Å². The van der Waals surface area contributed by atoms with E-state index in [2.05, 4.69) is 26.7 Å². The number of rotatable bonds is 17. The van der Waals surface area contributed by atoms with Crippen LogP contribution in [0, 0.1) is 5.92 Å². The van der Waals surface area contributed by atoms with E-state index < -0.39 is 26.0 Å². The Morgan fingerprint density at radius 3 is 1.82 bits per heavy atom. The molecular weight excluding hydrogens is 1030 g/mol. The molecule has 16 nitrogen and oxygen atoms in total. The molecule has 11 rings (SSSR count). The van der Waals surface area contributed by atoms with Crippen molar-refractivity contribution >= 4 is 76.5 Å². The average Bonchev–Trinajstić information content (AvgIpc) is 4.55. The first-order valence-electron chi connectivity index (χ1n) is 26.1. The Morgan fingerprint density at radius 1 is 0.692 bits per heavy atom. The van der Waals surface area contributed by atoms with Crippen molar-refractivity contribution in [3.63, 3.8) is 0 Å². The van der Waals surface area contributed by atoms with Gasteiger partial charge in [0.25, 0.3) is 0 Å². The molecule has 3 fully saturated rings. The first-order chi connectivity index (χ1) is 37.5. The molecule has 8 aromatic rings. The summed E-state index contributed by atoms with van der Waals surface area (Å²) < 4.78 is 63.1. The molecule has 0 spiro atoms. The van der Waals surface area contributed by atoms with Gasteiger partial charge in [0.2, 0.25) is 31.8 Å². The van der Waals surface area contributed by atoms with E-state index in [1.54, 1.807) is 55.6 Å². The molecule has 402 valence electrons. The number of aromatic hydroxyl groups is 2. The van der Waals surface area contributed by atoms with Crippen LogP contribution in [0.3, 0.4) is 0 Å². The second kappa shape index (κ2) is 22.7. The summed E-state index contributed by atoms with van der Waals surface area (Å²) in [6.07, 6.45) is 6.28. The number of carbonyl (C=O) groups is 2. The van der Waals surface area contributed by atoms with Gasteiger partial charge < -0.3 is 19.9 Å². The van der Waals surface area contributed by atoms with Gasteiger partial charge in [-0.05, 0) is 129 Å². The number of nitrogens with zero attached hydrogens (tertiary/aromatic N) is 5. The normalized spacial score (nSPS) is 15.4. The van der Waals surface area contributed by atoms with Crippen LogP contribution in [-0.2, 0) is 42.7 Å². The van der Waals surface area contributed by atoms with Gasteiger partial charge in [0.15, 0.2) is 5.88 Å². The molecule has 1 aliphatic heterocycles. The molecule has 4 N–H and O–H groups in total. The van der Waals surface area contributed by atoms with E-state index in [0.29, 0.717) is 62.5 Å². The minimum absolute atomic E-state index is 0.0272. The van der Waals surface area contributed by atoms with Crippen molar-refractivity contribution in [2.24, 2.45) is 15.9 Å². The molecule has 0 amide bonds. The first-order valence-corrected chi connectivity index (χ1v) is 29.0. The van der Waals surface area contributed by atoms with E-state index in [9.17, 15) is 36.6 Å². The summed E-state index contributed by atoms with van der Waals surface area (Å²) in [5.74, 6) is -0.758. The smallest absolute Gasteiger partial charge is 0.302 e. The Balaban J connectivity index is 0.000000177. The van der Waals surface area contributed by atoms with E-state index in [1.807, 2.05) is 72.8 Å². The number of benzene rings is 6. The van der Waals surface area contributed by atoms with Crippen LogP contribution in [0.2, 0.25) is 0 Å². The van der Waals surface area contributed by atoms with Gasteiger partial charge in [0.1, 0.15) is 6.61 Å². The van der Waals surface area contributed by atoms with Gasteiger partial charge in [-0.2, -0.15) is 4.31 Å². The van der Waals surface area contributed by atoms with Crippen LogP contribution < -0.4 is 4.72 Å². The molecule has 0 unspecified atom stereocenters. The standard InChI is InChI=1S/C30H32N4O3S.C30H29N3O6S/c35-30-28(26-18-25(14-15-27(26)33-30)38(36,37)31-19-21-8-9-21)29(23-6-2-1-3-7-23)32-24-12-10-22(11-13-24)20-34-16-4-5-17-34;1-19(34)33-27-16-15-25(40(37,38)32(3)24-13-14-24)17-26(27)28(30(33)36)29(22-7-5-4-6-8-22)31-23-11-9-21(10-12-23)18-39-20(2)35/h1-3,6-7,10-15,18,21,31,33,35H,4-5,8-9,16-17,19-20H2;4-12,15-17,24,36H,13-14,18H2,1-3H3. The summed E-state index contributed by atoms with van der Waals surface area (Å²) in [6, 6.07) is 43.4. The Morgan fingerprint density at radius 2 is 1.26 bits per heavy atom. The highest BCUT2D eigenvalue weighted by molar-refractivity contribution is 7.89. The number of fused-ring (bicyclic) bond motifs is 2. The number of hydrogen-bond acceptors (Lipinski definition) is 12. The number of aromatic amines is 1. The average molecular weight is 1090 g/mol. The minimum atomic E-state index is -3.79. The Hall–Kier alpha value is -7.74. The third-order valence-corrected chi connectivity index (χ3v) is 17.6. The van der Waals surface area contributed by atoms with Crippen LogP contribution in [0.25, 0.3) is 21.8 Å². The zero-order chi connectivity index (χ0) is 54.7. The van der Waals surface area contributed by atoms with Gasteiger partial charge in [0.05, 0.1) is 49.2 Å². The maximum atomic E-state index is 13.4. The number of esters is 1. The fraction of sp³-hybridized carbons (Fsp3) is 0.267. The summed E-state index contributed by atoms with van der Waals surface area (Å²) in [7, 11) is -5.89. The third kappa shape index (κ3) is 12.0. The van der Waals surface area contributed by atoms with Crippen LogP contribution >= 0.6 is 0 Å². The lowest BCUT2D eigenvalue weighted by molar-refractivity contribution is -0.142. The zero-order valence-corrected chi connectivity index (χ0v) is 45.2. The summed E-state index contributed by atoms with van der Waals surface area (Å²) in [6.45, 7) is 6.48. The van der Waals surface area contributed by atoms with Crippen molar-refractivity contribution in [2.45, 2.75) is 81.4 Å². The van der Waals surface area contributed by atoms with Gasteiger partial charge in [-0.3, -0.25) is 19.1 Å². The number of sulfonamides is 2. The zero-order valence-electron chi connectivity index (χ0n) is 43.6. The second-order valence-corrected chi connectivity index (χ2v) is 23.8. The number of carbonyl (C=O) groups excluding carboxylic acids is 2. The van der Waals surface area contributed by atoms with Crippen LogP contribution in [0.1, 0.15) is 90.5 Å². The van der Waals surface area contributed by atoms with E-state index >= 15 is 0 Å². The van der Waals surface area contributed by atoms with Crippen LogP contribution in [0.15, 0.2) is 165 Å². The summed E-state index contributed by atoms with van der Waals surface area (Å²) >= 11 is 0. The van der Waals surface area contributed by atoms with Gasteiger partial charge >= 0.3 is 5.97 Å². The summed E-state index contributed by atoms with van der Waals surface area (Å²) in [5.41, 5.74) is 7.48. The van der Waals surface area contributed by atoms with Crippen LogP contribution in [-0.4, -0.2) is 102 Å². The molecule has 6 aromatic carbocycles. The number of H-pyrrole nitrogens is 1. The van der Waals surface area contributed by atoms with E-state index in [4.69, 9.17) is 14.7 Å². The van der Waals surface area contributed by atoms with Crippen LogP contribution in [0.5, 0.6) is 11.8 Å². The number of hydrogen-bond donors (Lipinski definition) is 4. The van der Waals surface area contributed by atoms with Crippen molar-refractivity contribution in [1.82, 2.24) is 23.5 Å². The highest BCUT2D eigenvalue weighted by atomic mass is 32.2. The SMILES string of the molecule is CC(=O)OCc1ccc(N=C(c2ccccc2)c2c(O)n(C(C)=O)c3ccc(S(=O)(=O)N(C)C4CC4)cc23)cc1.O=S(=O)(NCC1CC1)c1ccc2[nH]c(O)c(C(=Nc3ccc(CN4CCCC4)cc3)c3ccccc3)c2c1. The maximum Gasteiger partial charge on any atom is 0.302 e. The molecule has 3 heterocycles. The molecule has 3 aliphatic rings. The fourth-order valence-corrected chi connectivity index (χ4v) is 12.3. The largest absolute Gasteiger partial charge is 0.494 e. The Kier molecular flexibility index (Phi) is 15.6. The number of aromatic nitrogens is 2. The molecule has 78 heavy (non-hydrogen) atoms. The van der Waals surface area contributed by atoms with E-state index in [-0.39, 0.29) is 45.7 Å². The minimum Gasteiger partial charge on any atom is -0.494 e. The maximum absolute atomic E-state index is 13.4. The predicted molar refractivity (Wildman–Crippen MR) is 302 cm³/mol. The van der Waals surface area contributed by atoms with E-state index in [0.717, 1.165) is 66.7 Å². The molecule has 2 aliphatic carbocycles. The van der Waals surface area contributed by atoms with Crippen LogP contribution in [0.4, 0.5) is 11.4 Å². The topological polar surface area (TPSA) is 216 Å². The lowest BCUT2D eigenvalue weighted by Gasteiger charge is -2.16. The number of aliphatic imine (C=N–C) groups is 2. The van der Waals surface area contributed by atoms with Gasteiger partial charge in [0, 0.05) is 67.4 Å². The molecule has 0 atom stereocenters. The van der Waals surface area contributed by atoms with Crippen molar-refractivity contribution in [3.05, 3.63) is 179 Å². The molecule has 2 saturated carbocycles. The Labute approximate surface area is 453 Å². The monoisotopic (exact) mass is 1090 g/mol. The lowest BCUT2D eigenvalue weighted by atomic mass is 10.0. The highest BCUT2D eigenvalue weighted by Crippen LogP contribution is 2.39. The first kappa shape index (κ1) is 53.6. The number of ether oxygens (including phenoxy) is 1. The molecule has 0 bridgehead atoms. The predicted octanol–water partition coefficient (Wildman–Crippen LogP) is 10.3. The molecule has 0 radical (unpaired) electrons. The number of nitrogens with one attached hydrogen (secondary N) is 2. The Bertz CT molecular complexity index is 3810. The summed E-state index contributed by atoms with van der Waals surface area (Å²) in [5, 5.41) is 23.4. The van der Waals surface area contributed by atoms with Crippen molar-refractivity contribution in [3.8, 4) is 11.8 Å². The quantitative estimate of drug-likeness (QED) is 0.0500. The van der Waals surface area contributed by atoms with Crippen molar-refractivity contribution in [2.75, 3.05) is 26.7 Å². The molecule has 1 saturated heterocycles. The highest BCUT2D eigenvalue weighted by Gasteiger charge is 2.36. The fourth-order valence-electron chi connectivity index (χ4n) is 9.67. The lowest BCUT2D eigenvalue weighted by Crippen LogP contribution is -2.28. The van der Waals surface area contributed by atoms with Gasteiger partial charge in [-0.15, -0.1) is 0 Å². The number of likely N-dealkylation sites (tertiary alicyclic amines) is 1. The van der Waals surface area contributed by atoms with Crippen molar-refractivity contribution < 1.29 is 41.4 Å².